The first-order valence-electron chi connectivity index (χ1n) is 4.20. The molecule has 0 aliphatic carbocycles. The highest BCUT2D eigenvalue weighted by Gasteiger charge is 2.18. The summed E-state index contributed by atoms with van der Waals surface area (Å²) in [6.45, 7) is 2.37. The van der Waals surface area contributed by atoms with Gasteiger partial charge < -0.3 is 5.32 Å². The summed E-state index contributed by atoms with van der Waals surface area (Å²) in [5, 5.41) is 2.60. The van der Waals surface area contributed by atoms with Gasteiger partial charge in [-0.1, -0.05) is 22.9 Å². The molecule has 0 saturated carbocycles. The Morgan fingerprint density at radius 3 is 2.50 bits per heavy atom. The quantitative estimate of drug-likeness (QED) is 0.706. The van der Waals surface area contributed by atoms with Crippen LogP contribution in [0.3, 0.4) is 0 Å². The molecule has 1 N–H and O–H groups in total. The van der Waals surface area contributed by atoms with E-state index in [1.54, 1.807) is 0 Å². The minimum Gasteiger partial charge on any atom is -0.355 e. The molecule has 0 unspecified atom stereocenters. The van der Waals surface area contributed by atoms with Crippen molar-refractivity contribution >= 4 is 31.9 Å². The molecule has 0 aromatic heterocycles. The molecule has 0 fully saturated rings. The summed E-state index contributed by atoms with van der Waals surface area (Å²) >= 11 is 2.85. The molecule has 0 spiro atoms. The molecule has 0 atom stereocenters. The Bertz CT molecular complexity index is 279. The molecule has 0 aliphatic rings. The normalized spacial score (nSPS) is 11.7. The maximum atomic E-state index is 11.2. The molecule has 14 heavy (non-hydrogen) atoms. The Hall–Kier alpha value is -0.140. The van der Waals surface area contributed by atoms with Gasteiger partial charge in [-0.05, 0) is 6.42 Å². The van der Waals surface area contributed by atoms with Crippen molar-refractivity contribution < 1.29 is 13.2 Å². The van der Waals surface area contributed by atoms with Crippen LogP contribution in [0, 0.1) is 0 Å². The van der Waals surface area contributed by atoms with Crippen LogP contribution in [0.2, 0.25) is 0 Å². The van der Waals surface area contributed by atoms with Crippen LogP contribution in [0.4, 0.5) is 0 Å². The van der Waals surface area contributed by atoms with Crippen molar-refractivity contribution in [3.05, 3.63) is 0 Å². The van der Waals surface area contributed by atoms with Gasteiger partial charge in [0.25, 0.3) is 0 Å². The Morgan fingerprint density at radius 1 is 1.50 bits per heavy atom. The highest BCUT2D eigenvalue weighted by molar-refractivity contribution is 9.10. The largest absolute Gasteiger partial charge is 0.355 e. The summed E-state index contributed by atoms with van der Waals surface area (Å²) in [6, 6.07) is 0. The smallest absolute Gasteiger partial charge is 0.235 e. The van der Waals surface area contributed by atoms with Crippen molar-refractivity contribution in [2.75, 3.05) is 24.8 Å². The van der Waals surface area contributed by atoms with Crippen LogP contribution in [-0.2, 0) is 14.8 Å². The van der Waals surface area contributed by atoms with E-state index in [1.165, 1.54) is 7.05 Å². The molecule has 84 valence electrons. The number of sulfonamides is 1. The third-order valence-corrected chi connectivity index (χ3v) is 4.64. The predicted molar refractivity (Wildman–Crippen MR) is 58.6 cm³/mol. The molecular weight excluding hydrogens is 272 g/mol. The van der Waals surface area contributed by atoms with Crippen molar-refractivity contribution in [1.82, 2.24) is 9.62 Å². The molecule has 0 aromatic carbocycles. The van der Waals surface area contributed by atoms with Gasteiger partial charge in [-0.25, -0.2) is 8.42 Å². The van der Waals surface area contributed by atoms with E-state index in [4.69, 9.17) is 0 Å². The number of alkyl halides is 1. The number of carbonyl (C=O) groups is 1. The van der Waals surface area contributed by atoms with Gasteiger partial charge in [-0.2, -0.15) is 4.31 Å². The molecule has 0 saturated heterocycles. The van der Waals surface area contributed by atoms with Gasteiger partial charge in [0.15, 0.2) is 0 Å². The SMILES string of the molecule is CCCNC(=O)CN(C)S(=O)(=O)CBr. The first-order valence-corrected chi connectivity index (χ1v) is 6.93. The lowest BCUT2D eigenvalue weighted by molar-refractivity contribution is -0.121. The maximum absolute atomic E-state index is 11.2. The van der Waals surface area contributed by atoms with E-state index >= 15 is 0 Å². The number of carbonyl (C=O) groups excluding carboxylic acids is 1. The van der Waals surface area contributed by atoms with Gasteiger partial charge >= 0.3 is 0 Å². The zero-order valence-corrected chi connectivity index (χ0v) is 10.7. The van der Waals surface area contributed by atoms with Gasteiger partial charge in [0.2, 0.25) is 15.9 Å². The second kappa shape index (κ2) is 6.36. The minimum absolute atomic E-state index is 0.131. The third-order valence-electron chi connectivity index (χ3n) is 1.55. The Morgan fingerprint density at radius 2 is 2.07 bits per heavy atom. The molecule has 1 amide bonds. The fourth-order valence-corrected chi connectivity index (χ4v) is 2.23. The summed E-state index contributed by atoms with van der Waals surface area (Å²) in [5.41, 5.74) is 0. The number of nitrogens with zero attached hydrogens (tertiary/aromatic N) is 1. The summed E-state index contributed by atoms with van der Waals surface area (Å²) in [6.07, 6.45) is 0.834. The maximum Gasteiger partial charge on any atom is 0.235 e. The second-order valence-corrected chi connectivity index (χ2v) is 6.21. The predicted octanol–water partition coefficient (Wildman–Crippen LogP) is 0.127. The second-order valence-electron chi connectivity index (χ2n) is 2.83. The molecule has 7 heteroatoms. The van der Waals surface area contributed by atoms with Crippen LogP contribution >= 0.6 is 15.9 Å². The highest BCUT2D eigenvalue weighted by atomic mass is 79.9. The van der Waals surface area contributed by atoms with Crippen molar-refractivity contribution in [1.29, 1.82) is 0 Å². The highest BCUT2D eigenvalue weighted by Crippen LogP contribution is 2.00. The summed E-state index contributed by atoms with van der Waals surface area (Å²) < 4.78 is 23.3. The number of rotatable bonds is 6. The fraction of sp³-hybridized carbons (Fsp3) is 0.857. The molecule has 0 bridgehead atoms. The average Bonchev–Trinajstić information content (AvgIpc) is 2.14. The zero-order valence-electron chi connectivity index (χ0n) is 8.29. The lowest BCUT2D eigenvalue weighted by atomic mass is 10.4. The molecule has 0 aromatic rings. The van der Waals surface area contributed by atoms with Crippen LogP contribution in [0.5, 0.6) is 0 Å². The first kappa shape index (κ1) is 13.9. The van der Waals surface area contributed by atoms with Crippen molar-refractivity contribution in [2.45, 2.75) is 13.3 Å². The monoisotopic (exact) mass is 286 g/mol. The van der Waals surface area contributed by atoms with Crippen LogP contribution in [0.1, 0.15) is 13.3 Å². The van der Waals surface area contributed by atoms with E-state index in [1.807, 2.05) is 6.92 Å². The van der Waals surface area contributed by atoms with Gasteiger partial charge in [0, 0.05) is 13.6 Å². The summed E-state index contributed by atoms with van der Waals surface area (Å²) in [7, 11) is -1.95. The Balaban J connectivity index is 4.06. The summed E-state index contributed by atoms with van der Waals surface area (Å²) in [5.74, 6) is -0.279. The number of nitrogens with one attached hydrogen (secondary N) is 1. The lowest BCUT2D eigenvalue weighted by Gasteiger charge is -2.14. The number of amides is 1. The topological polar surface area (TPSA) is 66.5 Å². The Labute approximate surface area is 93.0 Å². The molecule has 0 radical (unpaired) electrons. The van der Waals surface area contributed by atoms with E-state index in [-0.39, 0.29) is 17.1 Å². The van der Waals surface area contributed by atoms with Crippen molar-refractivity contribution in [3.8, 4) is 0 Å². The van der Waals surface area contributed by atoms with Gasteiger partial charge in [-0.15, -0.1) is 0 Å². The van der Waals surface area contributed by atoms with E-state index < -0.39 is 10.0 Å². The lowest BCUT2D eigenvalue weighted by Crippen LogP contribution is -2.38. The molecular formula is C7H15BrN2O3S. The van der Waals surface area contributed by atoms with Crippen LogP contribution in [0.25, 0.3) is 0 Å². The number of likely N-dealkylation sites (N-methyl/N-ethyl adjacent to an activating group) is 1. The minimum atomic E-state index is -3.33. The summed E-state index contributed by atoms with van der Waals surface area (Å²) in [4.78, 5) is 11.1. The van der Waals surface area contributed by atoms with E-state index in [0.717, 1.165) is 10.7 Å². The van der Waals surface area contributed by atoms with E-state index in [0.29, 0.717) is 6.54 Å². The number of halogens is 1. The number of hydrogen-bond acceptors (Lipinski definition) is 3. The van der Waals surface area contributed by atoms with Crippen LogP contribution in [-0.4, -0.2) is 43.4 Å². The number of hydrogen-bond donors (Lipinski definition) is 1. The molecule has 0 heterocycles. The van der Waals surface area contributed by atoms with Crippen molar-refractivity contribution in [2.24, 2.45) is 0 Å². The van der Waals surface area contributed by atoms with E-state index in [2.05, 4.69) is 21.2 Å². The van der Waals surface area contributed by atoms with E-state index in [9.17, 15) is 13.2 Å². The third kappa shape index (κ3) is 4.92. The fourth-order valence-electron chi connectivity index (χ4n) is 0.704. The van der Waals surface area contributed by atoms with Crippen LogP contribution < -0.4 is 5.32 Å². The standard InChI is InChI=1S/C7H15BrN2O3S/c1-3-4-9-7(11)5-10(2)14(12,13)6-8/h3-6H2,1-2H3,(H,9,11). The van der Waals surface area contributed by atoms with Crippen molar-refractivity contribution in [3.63, 3.8) is 0 Å². The van der Waals surface area contributed by atoms with Gasteiger partial charge in [0.1, 0.15) is 4.66 Å². The first-order chi connectivity index (χ1) is 6.44. The molecule has 0 aliphatic heterocycles. The van der Waals surface area contributed by atoms with Gasteiger partial charge in [0.05, 0.1) is 6.54 Å². The van der Waals surface area contributed by atoms with Crippen LogP contribution in [0.15, 0.2) is 0 Å². The molecule has 0 rings (SSSR count). The zero-order chi connectivity index (χ0) is 11.2. The molecule has 5 nitrogen and oxygen atoms in total. The average molecular weight is 287 g/mol. The Kier molecular flexibility index (Phi) is 6.30. The van der Waals surface area contributed by atoms with Gasteiger partial charge in [-0.3, -0.25) is 4.79 Å².